The van der Waals surface area contributed by atoms with Gasteiger partial charge in [0.2, 0.25) is 5.89 Å². The molecule has 0 spiro atoms. The first kappa shape index (κ1) is 10.1. The molecule has 1 fully saturated rings. The molecule has 1 aliphatic carbocycles. The lowest BCUT2D eigenvalue weighted by Crippen LogP contribution is -2.31. The van der Waals surface area contributed by atoms with Gasteiger partial charge in [0.15, 0.2) is 0 Å². The smallest absolute Gasteiger partial charge is 0.284 e. The number of aromatic nitrogens is 2. The number of ether oxygens (including phenoxy) is 1. The highest BCUT2D eigenvalue weighted by Gasteiger charge is 2.38. The van der Waals surface area contributed by atoms with Crippen LogP contribution in [0.5, 0.6) is 0 Å². The Bertz CT molecular complexity index is 308. The van der Waals surface area contributed by atoms with Crippen molar-refractivity contribution < 1.29 is 9.15 Å². The molecule has 0 atom stereocenters. The second kappa shape index (κ2) is 3.98. The van der Waals surface area contributed by atoms with E-state index in [4.69, 9.17) is 9.15 Å². The van der Waals surface area contributed by atoms with Crippen molar-refractivity contribution in [2.45, 2.75) is 37.7 Å². The summed E-state index contributed by atoms with van der Waals surface area (Å²) in [5, 5.41) is 7.80. The van der Waals surface area contributed by atoms with Gasteiger partial charge in [0.1, 0.15) is 5.60 Å². The third-order valence-corrected chi connectivity index (χ3v) is 3.16. The van der Waals surface area contributed by atoms with Gasteiger partial charge in [0.05, 0.1) is 0 Å². The molecule has 78 valence electrons. The molecule has 0 N–H and O–H groups in total. The lowest BCUT2D eigenvalue weighted by atomic mass is 9.84. The van der Waals surface area contributed by atoms with Crippen LogP contribution in [0.1, 0.15) is 38.0 Å². The van der Waals surface area contributed by atoms with Gasteiger partial charge in [0.25, 0.3) is 4.80 Å². The predicted octanol–water partition coefficient (Wildman–Crippen LogP) is 2.64. The Morgan fingerprint density at radius 1 is 1.29 bits per heavy atom. The number of methoxy groups -OCH3 is 1. The summed E-state index contributed by atoms with van der Waals surface area (Å²) in [6.45, 7) is 0. The molecule has 0 unspecified atom stereocenters. The molecule has 1 heterocycles. The summed E-state index contributed by atoms with van der Waals surface area (Å²) in [6, 6.07) is 0. The van der Waals surface area contributed by atoms with Crippen LogP contribution in [-0.4, -0.2) is 17.3 Å². The van der Waals surface area contributed by atoms with Crippen LogP contribution in [0, 0.1) is 0 Å². The van der Waals surface area contributed by atoms with Gasteiger partial charge in [-0.1, -0.05) is 19.3 Å². The Labute approximate surface area is 91.2 Å². The Morgan fingerprint density at radius 3 is 2.50 bits per heavy atom. The Balaban J connectivity index is 2.26. The molecule has 0 amide bonds. The van der Waals surface area contributed by atoms with Crippen molar-refractivity contribution in [3.05, 3.63) is 10.7 Å². The fourth-order valence-electron chi connectivity index (χ4n) is 2.02. The maximum atomic E-state index is 5.56. The average Bonchev–Trinajstić information content (AvgIpc) is 2.66. The van der Waals surface area contributed by atoms with Crippen LogP contribution in [0.3, 0.4) is 0 Å². The van der Waals surface area contributed by atoms with Crippen LogP contribution in [0.4, 0.5) is 0 Å². The Hall–Kier alpha value is -0.420. The van der Waals surface area contributed by atoms with Gasteiger partial charge in [-0.05, 0) is 12.8 Å². The maximum Gasteiger partial charge on any atom is 0.284 e. The van der Waals surface area contributed by atoms with Crippen LogP contribution in [0.25, 0.3) is 0 Å². The first-order chi connectivity index (χ1) is 6.77. The normalized spacial score (nSPS) is 21.0. The van der Waals surface area contributed by atoms with Crippen molar-refractivity contribution >= 4 is 15.9 Å². The van der Waals surface area contributed by atoms with E-state index in [1.807, 2.05) is 0 Å². The van der Waals surface area contributed by atoms with E-state index in [9.17, 15) is 0 Å². The summed E-state index contributed by atoms with van der Waals surface area (Å²) in [7, 11) is 1.71. The SMILES string of the molecule is COC1(c2nnc(Br)o2)CCCCC1. The maximum absolute atomic E-state index is 5.56. The molecule has 0 aromatic carbocycles. The molecule has 0 radical (unpaired) electrons. The summed E-state index contributed by atoms with van der Waals surface area (Å²) < 4.78 is 10.9. The number of hydrogen-bond acceptors (Lipinski definition) is 4. The summed E-state index contributed by atoms with van der Waals surface area (Å²) in [6.07, 6.45) is 5.53. The van der Waals surface area contributed by atoms with Crippen molar-refractivity contribution in [1.82, 2.24) is 10.2 Å². The molecule has 1 saturated carbocycles. The second-order valence-corrected chi connectivity index (χ2v) is 4.30. The third kappa shape index (κ3) is 1.70. The molecule has 0 bridgehead atoms. The first-order valence-corrected chi connectivity index (χ1v) is 5.61. The van der Waals surface area contributed by atoms with E-state index in [-0.39, 0.29) is 5.60 Å². The van der Waals surface area contributed by atoms with Crippen LogP contribution in [0.15, 0.2) is 9.22 Å². The highest BCUT2D eigenvalue weighted by atomic mass is 79.9. The Kier molecular flexibility index (Phi) is 2.88. The van der Waals surface area contributed by atoms with Crippen LogP contribution < -0.4 is 0 Å². The number of halogens is 1. The van der Waals surface area contributed by atoms with E-state index in [1.54, 1.807) is 7.11 Å². The molecule has 1 aromatic heterocycles. The lowest BCUT2D eigenvalue weighted by Gasteiger charge is -2.32. The van der Waals surface area contributed by atoms with Crippen molar-refractivity contribution in [1.29, 1.82) is 0 Å². The van der Waals surface area contributed by atoms with E-state index in [0.717, 1.165) is 25.7 Å². The van der Waals surface area contributed by atoms with Gasteiger partial charge in [-0.15, -0.1) is 10.2 Å². The van der Waals surface area contributed by atoms with Gasteiger partial charge >= 0.3 is 0 Å². The van der Waals surface area contributed by atoms with Crippen molar-refractivity contribution in [3.63, 3.8) is 0 Å². The summed E-state index contributed by atoms with van der Waals surface area (Å²) >= 11 is 3.16. The lowest BCUT2D eigenvalue weighted by molar-refractivity contribution is -0.0647. The minimum Gasteiger partial charge on any atom is -0.412 e. The topological polar surface area (TPSA) is 48.2 Å². The Morgan fingerprint density at radius 2 is 2.00 bits per heavy atom. The number of hydrogen-bond donors (Lipinski definition) is 0. The minimum atomic E-state index is -0.336. The van der Waals surface area contributed by atoms with Gasteiger partial charge in [-0.2, -0.15) is 0 Å². The van der Waals surface area contributed by atoms with Crippen LogP contribution in [-0.2, 0) is 10.3 Å². The van der Waals surface area contributed by atoms with E-state index in [0.29, 0.717) is 10.7 Å². The molecular formula is C9H13BrN2O2. The molecule has 2 rings (SSSR count). The molecule has 1 aromatic rings. The largest absolute Gasteiger partial charge is 0.412 e. The fraction of sp³-hybridized carbons (Fsp3) is 0.778. The quantitative estimate of drug-likeness (QED) is 0.821. The van der Waals surface area contributed by atoms with Crippen LogP contribution >= 0.6 is 15.9 Å². The van der Waals surface area contributed by atoms with Gasteiger partial charge in [-0.25, -0.2) is 0 Å². The summed E-state index contributed by atoms with van der Waals surface area (Å²) in [4.78, 5) is 0.425. The zero-order valence-corrected chi connectivity index (χ0v) is 9.71. The third-order valence-electron chi connectivity index (χ3n) is 2.84. The monoisotopic (exact) mass is 260 g/mol. The zero-order valence-electron chi connectivity index (χ0n) is 8.12. The van der Waals surface area contributed by atoms with E-state index < -0.39 is 0 Å². The molecular weight excluding hydrogens is 248 g/mol. The van der Waals surface area contributed by atoms with E-state index in [2.05, 4.69) is 26.1 Å². The van der Waals surface area contributed by atoms with E-state index >= 15 is 0 Å². The highest BCUT2D eigenvalue weighted by Crippen LogP contribution is 2.39. The molecule has 0 saturated heterocycles. The first-order valence-electron chi connectivity index (χ1n) is 4.81. The summed E-state index contributed by atoms with van der Waals surface area (Å²) in [5.41, 5.74) is -0.336. The number of rotatable bonds is 2. The zero-order chi connectivity index (χ0) is 10.0. The summed E-state index contributed by atoms with van der Waals surface area (Å²) in [5.74, 6) is 0.603. The van der Waals surface area contributed by atoms with Gasteiger partial charge in [0, 0.05) is 23.0 Å². The predicted molar refractivity (Wildman–Crippen MR) is 53.8 cm³/mol. The molecule has 0 aliphatic heterocycles. The molecule has 5 heteroatoms. The molecule has 4 nitrogen and oxygen atoms in total. The van der Waals surface area contributed by atoms with Gasteiger partial charge < -0.3 is 9.15 Å². The van der Waals surface area contributed by atoms with Crippen molar-refractivity contribution in [2.75, 3.05) is 7.11 Å². The average molecular weight is 261 g/mol. The van der Waals surface area contributed by atoms with Crippen molar-refractivity contribution in [2.24, 2.45) is 0 Å². The van der Waals surface area contributed by atoms with E-state index in [1.165, 1.54) is 6.42 Å². The second-order valence-electron chi connectivity index (χ2n) is 3.62. The standard InChI is InChI=1S/C9H13BrN2O2/c1-13-9(5-3-2-4-6-9)7-11-12-8(10)14-7/h2-6H2,1H3. The molecule has 1 aliphatic rings. The minimum absolute atomic E-state index is 0.336. The number of nitrogens with zero attached hydrogens (tertiary/aromatic N) is 2. The molecule has 14 heavy (non-hydrogen) atoms. The fourth-order valence-corrected chi connectivity index (χ4v) is 2.25. The van der Waals surface area contributed by atoms with Gasteiger partial charge in [-0.3, -0.25) is 0 Å². The highest BCUT2D eigenvalue weighted by molar-refractivity contribution is 9.10. The van der Waals surface area contributed by atoms with Crippen molar-refractivity contribution in [3.8, 4) is 0 Å². The van der Waals surface area contributed by atoms with Crippen LogP contribution in [0.2, 0.25) is 0 Å².